The Morgan fingerprint density at radius 3 is 3.00 bits per heavy atom. The van der Waals surface area contributed by atoms with Gasteiger partial charge in [0.2, 0.25) is 0 Å². The van der Waals surface area contributed by atoms with Crippen LogP contribution in [-0.4, -0.2) is 43.1 Å². The van der Waals surface area contributed by atoms with Crippen LogP contribution < -0.4 is 10.1 Å². The van der Waals surface area contributed by atoms with Gasteiger partial charge in [0, 0.05) is 31.7 Å². The summed E-state index contributed by atoms with van der Waals surface area (Å²) in [6.45, 7) is 3.69. The molecule has 19 heavy (non-hydrogen) atoms. The highest BCUT2D eigenvalue weighted by molar-refractivity contribution is 5.78. The molecule has 0 aliphatic carbocycles. The van der Waals surface area contributed by atoms with Crippen molar-refractivity contribution in [1.29, 1.82) is 0 Å². The van der Waals surface area contributed by atoms with Crippen molar-refractivity contribution >= 4 is 5.91 Å². The molecule has 1 heterocycles. The average Bonchev–Trinajstić information content (AvgIpc) is 2.37. The van der Waals surface area contributed by atoms with Gasteiger partial charge in [0.25, 0.3) is 5.91 Å². The van der Waals surface area contributed by atoms with E-state index in [1.807, 2.05) is 6.92 Å². The van der Waals surface area contributed by atoms with E-state index >= 15 is 0 Å². The maximum absolute atomic E-state index is 13.3. The van der Waals surface area contributed by atoms with Crippen molar-refractivity contribution in [3.8, 4) is 5.75 Å². The van der Waals surface area contributed by atoms with E-state index in [9.17, 15) is 13.6 Å². The summed E-state index contributed by atoms with van der Waals surface area (Å²) in [6, 6.07) is 3.24. The number of carbonyl (C=O) groups excluding carboxylic acids is 1. The highest BCUT2D eigenvalue weighted by Gasteiger charge is 2.21. The highest BCUT2D eigenvalue weighted by Crippen LogP contribution is 2.17. The Morgan fingerprint density at radius 1 is 1.53 bits per heavy atom. The quantitative estimate of drug-likeness (QED) is 0.896. The molecule has 1 fully saturated rings. The van der Waals surface area contributed by atoms with Gasteiger partial charge < -0.3 is 15.0 Å². The van der Waals surface area contributed by atoms with Gasteiger partial charge in [0.1, 0.15) is 5.82 Å². The van der Waals surface area contributed by atoms with Crippen molar-refractivity contribution in [1.82, 2.24) is 10.2 Å². The van der Waals surface area contributed by atoms with Crippen molar-refractivity contribution in [3.63, 3.8) is 0 Å². The Bertz CT molecular complexity index is 468. The second-order valence-corrected chi connectivity index (χ2v) is 4.56. The van der Waals surface area contributed by atoms with E-state index in [-0.39, 0.29) is 24.3 Å². The molecule has 104 valence electrons. The normalized spacial score (nSPS) is 19.3. The zero-order valence-corrected chi connectivity index (χ0v) is 10.7. The zero-order valence-electron chi connectivity index (χ0n) is 10.7. The molecular formula is C13H16F2N2O2. The summed E-state index contributed by atoms with van der Waals surface area (Å²) in [5, 5.41) is 3.22. The van der Waals surface area contributed by atoms with Crippen molar-refractivity contribution in [3.05, 3.63) is 29.8 Å². The average molecular weight is 270 g/mol. The molecule has 1 aliphatic heterocycles. The fourth-order valence-corrected chi connectivity index (χ4v) is 1.98. The van der Waals surface area contributed by atoms with Crippen LogP contribution in [0.3, 0.4) is 0 Å². The lowest BCUT2D eigenvalue weighted by Crippen LogP contribution is -2.52. The van der Waals surface area contributed by atoms with Gasteiger partial charge in [0.05, 0.1) is 0 Å². The van der Waals surface area contributed by atoms with E-state index in [4.69, 9.17) is 4.74 Å². The molecule has 1 aromatic rings. The lowest BCUT2D eigenvalue weighted by Gasteiger charge is -2.31. The van der Waals surface area contributed by atoms with Crippen LogP contribution in [0.15, 0.2) is 18.2 Å². The first-order chi connectivity index (χ1) is 9.06. The predicted molar refractivity (Wildman–Crippen MR) is 65.9 cm³/mol. The molecule has 0 bridgehead atoms. The van der Waals surface area contributed by atoms with Crippen molar-refractivity contribution < 1.29 is 18.3 Å². The number of amides is 1. The largest absolute Gasteiger partial charge is 0.481 e. The summed E-state index contributed by atoms with van der Waals surface area (Å²) in [6.07, 6.45) is 0. The number of rotatable bonds is 3. The molecule has 6 heteroatoms. The molecule has 0 spiro atoms. The van der Waals surface area contributed by atoms with Gasteiger partial charge >= 0.3 is 0 Å². The topological polar surface area (TPSA) is 41.6 Å². The lowest BCUT2D eigenvalue weighted by atomic mass is 10.2. The number of nitrogens with one attached hydrogen (secondary N) is 1. The minimum absolute atomic E-state index is 0.113. The Kier molecular flexibility index (Phi) is 4.31. The third-order valence-corrected chi connectivity index (χ3v) is 2.97. The van der Waals surface area contributed by atoms with E-state index in [0.29, 0.717) is 13.1 Å². The predicted octanol–water partition coefficient (Wildman–Crippen LogP) is 1.16. The molecule has 0 saturated carbocycles. The highest BCUT2D eigenvalue weighted by atomic mass is 19.1. The van der Waals surface area contributed by atoms with E-state index in [0.717, 1.165) is 18.7 Å². The van der Waals surface area contributed by atoms with Gasteiger partial charge in [0.15, 0.2) is 18.2 Å². The number of benzene rings is 1. The van der Waals surface area contributed by atoms with Gasteiger partial charge in [-0.3, -0.25) is 4.79 Å². The number of hydrogen-bond acceptors (Lipinski definition) is 3. The first-order valence-corrected chi connectivity index (χ1v) is 6.15. The monoisotopic (exact) mass is 270 g/mol. The van der Waals surface area contributed by atoms with Gasteiger partial charge in [-0.15, -0.1) is 0 Å². The molecule has 1 aliphatic rings. The molecule has 0 unspecified atom stereocenters. The summed E-state index contributed by atoms with van der Waals surface area (Å²) in [5.41, 5.74) is 0. The molecule has 0 radical (unpaired) electrons. The van der Waals surface area contributed by atoms with Crippen LogP contribution in [0.2, 0.25) is 0 Å². The Balaban J connectivity index is 1.89. The van der Waals surface area contributed by atoms with Gasteiger partial charge in [-0.25, -0.2) is 8.78 Å². The van der Waals surface area contributed by atoms with Crippen LogP contribution in [0.4, 0.5) is 8.78 Å². The van der Waals surface area contributed by atoms with E-state index in [1.165, 1.54) is 6.07 Å². The standard InChI is InChI=1S/C13H16F2N2O2/c1-9-7-17(5-4-16-9)13(18)8-19-12-3-2-10(14)6-11(12)15/h2-3,6,9,16H,4-5,7-8H2,1H3/t9-/m1/s1. The van der Waals surface area contributed by atoms with Gasteiger partial charge in [-0.2, -0.15) is 0 Å². The van der Waals surface area contributed by atoms with Crippen LogP contribution in [0.25, 0.3) is 0 Å². The van der Waals surface area contributed by atoms with E-state index in [2.05, 4.69) is 5.32 Å². The van der Waals surface area contributed by atoms with Crippen LogP contribution >= 0.6 is 0 Å². The van der Waals surface area contributed by atoms with Crippen molar-refractivity contribution in [2.75, 3.05) is 26.2 Å². The fraction of sp³-hybridized carbons (Fsp3) is 0.462. The third kappa shape index (κ3) is 3.64. The maximum Gasteiger partial charge on any atom is 0.260 e. The van der Waals surface area contributed by atoms with Crippen LogP contribution in [0.5, 0.6) is 5.75 Å². The SMILES string of the molecule is C[C@@H]1CN(C(=O)COc2ccc(F)cc2F)CCN1. The second kappa shape index (κ2) is 5.97. The van der Waals surface area contributed by atoms with Crippen molar-refractivity contribution in [2.24, 2.45) is 0 Å². The molecule has 1 amide bonds. The molecule has 1 aromatic carbocycles. The van der Waals surface area contributed by atoms with Gasteiger partial charge in [-0.05, 0) is 19.1 Å². The maximum atomic E-state index is 13.3. The molecule has 1 atom stereocenters. The summed E-state index contributed by atoms with van der Waals surface area (Å²) in [5.74, 6) is -1.79. The molecule has 1 saturated heterocycles. The second-order valence-electron chi connectivity index (χ2n) is 4.56. The lowest BCUT2D eigenvalue weighted by molar-refractivity contribution is -0.134. The summed E-state index contributed by atoms with van der Waals surface area (Å²) >= 11 is 0. The first-order valence-electron chi connectivity index (χ1n) is 6.15. The molecule has 4 nitrogen and oxygen atoms in total. The first kappa shape index (κ1) is 13.7. The number of ether oxygens (including phenoxy) is 1. The third-order valence-electron chi connectivity index (χ3n) is 2.97. The van der Waals surface area contributed by atoms with Gasteiger partial charge in [-0.1, -0.05) is 0 Å². The molecule has 1 N–H and O–H groups in total. The number of carbonyl (C=O) groups is 1. The number of piperazine rings is 1. The molecule has 0 aromatic heterocycles. The Hall–Kier alpha value is -1.69. The number of halogens is 2. The Labute approximate surface area is 110 Å². The molecule has 2 rings (SSSR count). The summed E-state index contributed by atoms with van der Waals surface area (Å²) in [7, 11) is 0. The van der Waals surface area contributed by atoms with E-state index < -0.39 is 11.6 Å². The minimum Gasteiger partial charge on any atom is -0.481 e. The summed E-state index contributed by atoms with van der Waals surface area (Å²) < 4.78 is 31.1. The minimum atomic E-state index is -0.804. The fourth-order valence-electron chi connectivity index (χ4n) is 1.98. The van der Waals surface area contributed by atoms with Crippen LogP contribution in [0, 0.1) is 11.6 Å². The Morgan fingerprint density at radius 2 is 2.32 bits per heavy atom. The zero-order chi connectivity index (χ0) is 13.8. The molecular weight excluding hydrogens is 254 g/mol. The number of nitrogens with zero attached hydrogens (tertiary/aromatic N) is 1. The van der Waals surface area contributed by atoms with Crippen molar-refractivity contribution in [2.45, 2.75) is 13.0 Å². The van der Waals surface area contributed by atoms with E-state index in [1.54, 1.807) is 4.90 Å². The van der Waals surface area contributed by atoms with Crippen LogP contribution in [0.1, 0.15) is 6.92 Å². The smallest absolute Gasteiger partial charge is 0.260 e. The van der Waals surface area contributed by atoms with Crippen LogP contribution in [-0.2, 0) is 4.79 Å². The summed E-state index contributed by atoms with van der Waals surface area (Å²) in [4.78, 5) is 13.5. The number of hydrogen-bond donors (Lipinski definition) is 1.